The summed E-state index contributed by atoms with van der Waals surface area (Å²) in [7, 11) is 4.00. The van der Waals surface area contributed by atoms with E-state index in [1.54, 1.807) is 18.3 Å². The maximum Gasteiger partial charge on any atom is 0.161 e. The maximum absolute atomic E-state index is 13.7. The lowest BCUT2D eigenvalue weighted by molar-refractivity contribution is 0.629. The number of aryl methyl sites for hydroxylation is 1. The predicted octanol–water partition coefficient (Wildman–Crippen LogP) is 4.00. The summed E-state index contributed by atoms with van der Waals surface area (Å²) in [6.07, 6.45) is 1.71. The first kappa shape index (κ1) is 16.2. The van der Waals surface area contributed by atoms with Gasteiger partial charge in [0.15, 0.2) is 5.82 Å². The number of anilines is 1. The third kappa shape index (κ3) is 2.79. The van der Waals surface area contributed by atoms with Gasteiger partial charge >= 0.3 is 0 Å². The van der Waals surface area contributed by atoms with Gasteiger partial charge in [-0.3, -0.25) is 4.57 Å². The monoisotopic (exact) mass is 347 g/mol. The van der Waals surface area contributed by atoms with Crippen molar-refractivity contribution in [1.82, 2.24) is 19.5 Å². The maximum atomic E-state index is 13.7. The summed E-state index contributed by atoms with van der Waals surface area (Å²) in [4.78, 5) is 15.6. The first-order chi connectivity index (χ1) is 12.5. The van der Waals surface area contributed by atoms with E-state index in [1.807, 2.05) is 54.8 Å². The van der Waals surface area contributed by atoms with Crippen molar-refractivity contribution in [3.63, 3.8) is 0 Å². The average molecular weight is 347 g/mol. The van der Waals surface area contributed by atoms with E-state index in [2.05, 4.69) is 15.0 Å². The molecule has 26 heavy (non-hydrogen) atoms. The lowest BCUT2D eigenvalue weighted by Crippen LogP contribution is -2.08. The Morgan fingerprint density at radius 3 is 2.46 bits per heavy atom. The number of aromatic nitrogens is 4. The first-order valence-corrected chi connectivity index (χ1v) is 8.29. The Morgan fingerprint density at radius 2 is 1.73 bits per heavy atom. The molecule has 0 fully saturated rings. The number of imidazole rings is 1. The van der Waals surface area contributed by atoms with Crippen molar-refractivity contribution in [3.05, 3.63) is 66.4 Å². The highest BCUT2D eigenvalue weighted by atomic mass is 19.1. The molecule has 2 aromatic carbocycles. The summed E-state index contributed by atoms with van der Waals surface area (Å²) in [5.74, 6) is 1.73. The first-order valence-electron chi connectivity index (χ1n) is 8.29. The number of benzene rings is 2. The Hall–Kier alpha value is -3.28. The van der Waals surface area contributed by atoms with Crippen LogP contribution >= 0.6 is 0 Å². The molecule has 0 saturated heterocycles. The van der Waals surface area contributed by atoms with E-state index >= 15 is 0 Å². The zero-order valence-electron chi connectivity index (χ0n) is 14.8. The van der Waals surface area contributed by atoms with Crippen LogP contribution in [-0.4, -0.2) is 33.6 Å². The molecule has 0 radical (unpaired) electrons. The molecule has 5 nitrogen and oxygen atoms in total. The Kier molecular flexibility index (Phi) is 3.88. The van der Waals surface area contributed by atoms with Gasteiger partial charge in [-0.15, -0.1) is 0 Å². The molecule has 0 N–H and O–H groups in total. The Bertz CT molecular complexity index is 1080. The van der Waals surface area contributed by atoms with Crippen molar-refractivity contribution < 1.29 is 4.39 Å². The Labute approximate surface area is 150 Å². The highest BCUT2D eigenvalue weighted by molar-refractivity contribution is 5.78. The SMILES string of the molecule is Cc1nc2ccc(F)cc2n1-c1ccnc(-c2ccc(N(C)C)cc2)n1. The van der Waals surface area contributed by atoms with E-state index in [1.165, 1.54) is 12.1 Å². The molecule has 0 amide bonds. The molecule has 0 unspecified atom stereocenters. The molecular weight excluding hydrogens is 329 g/mol. The summed E-state index contributed by atoms with van der Waals surface area (Å²) in [5, 5.41) is 0. The summed E-state index contributed by atoms with van der Waals surface area (Å²) < 4.78 is 15.6. The highest BCUT2D eigenvalue weighted by Gasteiger charge is 2.12. The van der Waals surface area contributed by atoms with Crippen LogP contribution in [0.15, 0.2) is 54.7 Å². The third-order valence-electron chi connectivity index (χ3n) is 4.30. The van der Waals surface area contributed by atoms with Gasteiger partial charge in [-0.1, -0.05) is 0 Å². The van der Waals surface area contributed by atoms with Crippen LogP contribution in [0.25, 0.3) is 28.2 Å². The van der Waals surface area contributed by atoms with Crippen molar-refractivity contribution in [2.45, 2.75) is 6.92 Å². The van der Waals surface area contributed by atoms with Gasteiger partial charge in [0.25, 0.3) is 0 Å². The zero-order chi connectivity index (χ0) is 18.3. The fraction of sp³-hybridized carbons (Fsp3) is 0.150. The third-order valence-corrected chi connectivity index (χ3v) is 4.30. The van der Waals surface area contributed by atoms with Crippen molar-refractivity contribution >= 4 is 16.7 Å². The van der Waals surface area contributed by atoms with E-state index in [0.29, 0.717) is 17.2 Å². The van der Waals surface area contributed by atoms with E-state index in [-0.39, 0.29) is 5.82 Å². The fourth-order valence-corrected chi connectivity index (χ4v) is 2.98. The van der Waals surface area contributed by atoms with Crippen LogP contribution < -0.4 is 4.90 Å². The molecule has 0 atom stereocenters. The second-order valence-electron chi connectivity index (χ2n) is 6.31. The van der Waals surface area contributed by atoms with Crippen molar-refractivity contribution in [2.75, 3.05) is 19.0 Å². The predicted molar refractivity (Wildman–Crippen MR) is 101 cm³/mol. The van der Waals surface area contributed by atoms with Gasteiger partial charge in [0.05, 0.1) is 11.0 Å². The number of hydrogen-bond donors (Lipinski definition) is 0. The van der Waals surface area contributed by atoms with Gasteiger partial charge in [-0.25, -0.2) is 19.3 Å². The van der Waals surface area contributed by atoms with Crippen LogP contribution in [0.5, 0.6) is 0 Å². The minimum Gasteiger partial charge on any atom is -0.378 e. The van der Waals surface area contributed by atoms with Gasteiger partial charge in [0, 0.05) is 37.6 Å². The van der Waals surface area contributed by atoms with Gasteiger partial charge < -0.3 is 4.90 Å². The molecule has 4 rings (SSSR count). The molecule has 6 heteroatoms. The molecule has 0 aliphatic rings. The van der Waals surface area contributed by atoms with Crippen LogP contribution in [-0.2, 0) is 0 Å². The van der Waals surface area contributed by atoms with E-state index in [4.69, 9.17) is 0 Å². The molecule has 130 valence electrons. The molecule has 0 bridgehead atoms. The molecule has 0 aliphatic heterocycles. The molecule has 2 heterocycles. The lowest BCUT2D eigenvalue weighted by atomic mass is 10.2. The standard InChI is InChI=1S/C20H18FN5/c1-13-23-17-9-6-15(21)12-18(17)26(13)19-10-11-22-20(24-19)14-4-7-16(8-5-14)25(2)3/h4-12H,1-3H3. The van der Waals surface area contributed by atoms with Crippen LogP contribution in [0.2, 0.25) is 0 Å². The largest absolute Gasteiger partial charge is 0.378 e. The average Bonchev–Trinajstić information content (AvgIpc) is 2.97. The van der Waals surface area contributed by atoms with E-state index < -0.39 is 0 Å². The number of fused-ring (bicyclic) bond motifs is 1. The molecular formula is C20H18FN5. The summed E-state index contributed by atoms with van der Waals surface area (Å²) in [5.41, 5.74) is 3.46. The molecule has 0 aliphatic carbocycles. The van der Waals surface area contributed by atoms with Crippen LogP contribution in [0.4, 0.5) is 10.1 Å². The molecule has 4 aromatic rings. The van der Waals surface area contributed by atoms with Crippen molar-refractivity contribution in [3.8, 4) is 17.2 Å². The summed E-state index contributed by atoms with van der Waals surface area (Å²) in [6.45, 7) is 1.88. The second kappa shape index (κ2) is 6.22. The van der Waals surface area contributed by atoms with Gasteiger partial charge in [-0.05, 0) is 49.4 Å². The van der Waals surface area contributed by atoms with Gasteiger partial charge in [0.2, 0.25) is 0 Å². The minimum atomic E-state index is -0.299. The number of halogens is 1. The number of hydrogen-bond acceptors (Lipinski definition) is 4. The Balaban J connectivity index is 1.81. The smallest absolute Gasteiger partial charge is 0.161 e. The minimum absolute atomic E-state index is 0.299. The number of nitrogens with zero attached hydrogens (tertiary/aromatic N) is 5. The van der Waals surface area contributed by atoms with Crippen molar-refractivity contribution in [2.24, 2.45) is 0 Å². The van der Waals surface area contributed by atoms with Crippen molar-refractivity contribution in [1.29, 1.82) is 0 Å². The zero-order valence-corrected chi connectivity index (χ0v) is 14.8. The van der Waals surface area contributed by atoms with E-state index in [9.17, 15) is 4.39 Å². The van der Waals surface area contributed by atoms with Crippen LogP contribution in [0.1, 0.15) is 5.82 Å². The Morgan fingerprint density at radius 1 is 0.962 bits per heavy atom. The molecule has 0 saturated carbocycles. The lowest BCUT2D eigenvalue weighted by Gasteiger charge is -2.12. The molecule has 0 spiro atoms. The van der Waals surface area contributed by atoms with Gasteiger partial charge in [-0.2, -0.15) is 0 Å². The summed E-state index contributed by atoms with van der Waals surface area (Å²) in [6, 6.07) is 14.4. The summed E-state index contributed by atoms with van der Waals surface area (Å²) >= 11 is 0. The van der Waals surface area contributed by atoms with E-state index in [0.717, 1.165) is 22.6 Å². The molecule has 2 aromatic heterocycles. The normalized spacial score (nSPS) is 11.1. The van der Waals surface area contributed by atoms with Crippen LogP contribution in [0.3, 0.4) is 0 Å². The topological polar surface area (TPSA) is 46.8 Å². The fourth-order valence-electron chi connectivity index (χ4n) is 2.98. The van der Waals surface area contributed by atoms with Crippen LogP contribution in [0, 0.1) is 12.7 Å². The number of rotatable bonds is 3. The second-order valence-corrected chi connectivity index (χ2v) is 6.31. The quantitative estimate of drug-likeness (QED) is 0.562. The van der Waals surface area contributed by atoms with Gasteiger partial charge in [0.1, 0.15) is 17.5 Å². The highest BCUT2D eigenvalue weighted by Crippen LogP contribution is 2.24.